The standard InChI is InChI=1S/C13H12INO5S/c1-7(2)19-11(16)6-15-12(17)9(21-13(15)18)5-8-3-4-10(14)20-8/h3-5,7H,6H2,1-2H3/b9-5-. The second-order valence-electron chi connectivity index (χ2n) is 4.45. The van der Waals surface area contributed by atoms with Gasteiger partial charge in [0.25, 0.3) is 11.1 Å². The minimum absolute atomic E-state index is 0.225. The summed E-state index contributed by atoms with van der Waals surface area (Å²) in [4.78, 5) is 36.6. The van der Waals surface area contributed by atoms with E-state index in [1.807, 2.05) is 22.6 Å². The summed E-state index contributed by atoms with van der Waals surface area (Å²) in [5, 5.41) is -0.492. The topological polar surface area (TPSA) is 76.8 Å². The van der Waals surface area contributed by atoms with Gasteiger partial charge in [-0.3, -0.25) is 19.3 Å². The van der Waals surface area contributed by atoms with Crippen LogP contribution < -0.4 is 0 Å². The van der Waals surface area contributed by atoms with E-state index in [2.05, 4.69) is 0 Å². The second kappa shape index (κ2) is 6.65. The molecule has 0 aliphatic carbocycles. The first-order valence-electron chi connectivity index (χ1n) is 6.07. The molecule has 1 aliphatic rings. The van der Waals surface area contributed by atoms with E-state index < -0.39 is 17.1 Å². The molecule has 1 saturated heterocycles. The quantitative estimate of drug-likeness (QED) is 0.423. The predicted octanol–water partition coefficient (Wildman–Crippen LogP) is 2.87. The summed E-state index contributed by atoms with van der Waals surface area (Å²) in [5.41, 5.74) is 0. The summed E-state index contributed by atoms with van der Waals surface area (Å²) in [7, 11) is 0. The van der Waals surface area contributed by atoms with E-state index in [-0.39, 0.29) is 17.6 Å². The van der Waals surface area contributed by atoms with Crippen molar-refractivity contribution in [3.05, 3.63) is 26.6 Å². The smallest absolute Gasteiger partial charge is 0.326 e. The van der Waals surface area contributed by atoms with E-state index in [1.54, 1.807) is 26.0 Å². The monoisotopic (exact) mass is 421 g/mol. The number of thioether (sulfide) groups is 1. The molecule has 2 heterocycles. The van der Waals surface area contributed by atoms with E-state index in [0.29, 0.717) is 9.53 Å². The van der Waals surface area contributed by atoms with Crippen LogP contribution in [0.4, 0.5) is 4.79 Å². The largest absolute Gasteiger partial charge is 0.462 e. The molecule has 1 aromatic heterocycles. The van der Waals surface area contributed by atoms with E-state index in [0.717, 1.165) is 16.7 Å². The summed E-state index contributed by atoms with van der Waals surface area (Å²) >= 11 is 2.78. The van der Waals surface area contributed by atoms with Gasteiger partial charge in [-0.2, -0.15) is 0 Å². The highest BCUT2D eigenvalue weighted by molar-refractivity contribution is 14.1. The lowest BCUT2D eigenvalue weighted by Crippen LogP contribution is -2.35. The molecule has 1 aliphatic heterocycles. The molecule has 0 radical (unpaired) electrons. The van der Waals surface area contributed by atoms with Crippen molar-refractivity contribution in [1.29, 1.82) is 0 Å². The molecular weight excluding hydrogens is 409 g/mol. The van der Waals surface area contributed by atoms with Crippen LogP contribution in [0.5, 0.6) is 0 Å². The molecule has 0 unspecified atom stereocenters. The zero-order chi connectivity index (χ0) is 15.6. The predicted molar refractivity (Wildman–Crippen MR) is 85.3 cm³/mol. The number of hydrogen-bond acceptors (Lipinski definition) is 6. The summed E-state index contributed by atoms with van der Waals surface area (Å²) in [6, 6.07) is 3.44. The molecule has 1 aromatic rings. The van der Waals surface area contributed by atoms with Crippen molar-refractivity contribution < 1.29 is 23.5 Å². The first kappa shape index (κ1) is 16.1. The van der Waals surface area contributed by atoms with E-state index in [4.69, 9.17) is 9.15 Å². The molecule has 2 amide bonds. The van der Waals surface area contributed by atoms with Crippen LogP contribution in [0.1, 0.15) is 19.6 Å². The molecule has 0 saturated carbocycles. The van der Waals surface area contributed by atoms with Crippen LogP contribution in [-0.2, 0) is 14.3 Å². The lowest BCUT2D eigenvalue weighted by Gasteiger charge is -2.13. The number of rotatable bonds is 4. The molecule has 21 heavy (non-hydrogen) atoms. The Bertz CT molecular complexity index is 622. The third-order valence-electron chi connectivity index (χ3n) is 2.40. The van der Waals surface area contributed by atoms with E-state index in [1.165, 1.54) is 6.08 Å². The molecule has 6 nitrogen and oxygen atoms in total. The Morgan fingerprint density at radius 2 is 2.19 bits per heavy atom. The van der Waals surface area contributed by atoms with Crippen molar-refractivity contribution in [3.63, 3.8) is 0 Å². The molecule has 0 aromatic carbocycles. The van der Waals surface area contributed by atoms with Gasteiger partial charge in [0, 0.05) is 6.08 Å². The Labute approximate surface area is 139 Å². The number of hydrogen-bond donors (Lipinski definition) is 0. The van der Waals surface area contributed by atoms with Gasteiger partial charge in [0.1, 0.15) is 12.3 Å². The molecule has 0 spiro atoms. The maximum atomic E-state index is 12.1. The van der Waals surface area contributed by atoms with Crippen molar-refractivity contribution in [2.24, 2.45) is 0 Å². The number of nitrogens with zero attached hydrogens (tertiary/aromatic N) is 1. The van der Waals surface area contributed by atoms with Gasteiger partial charge in [-0.1, -0.05) is 0 Å². The summed E-state index contributed by atoms with van der Waals surface area (Å²) in [5.74, 6) is -0.645. The minimum Gasteiger partial charge on any atom is -0.462 e. The molecule has 8 heteroatoms. The molecule has 0 atom stereocenters. The highest BCUT2D eigenvalue weighted by Crippen LogP contribution is 2.32. The Morgan fingerprint density at radius 1 is 1.48 bits per heavy atom. The maximum Gasteiger partial charge on any atom is 0.326 e. The fourth-order valence-electron chi connectivity index (χ4n) is 1.60. The summed E-state index contributed by atoms with van der Waals surface area (Å²) < 4.78 is 10.9. The number of furan rings is 1. The van der Waals surface area contributed by atoms with Crippen LogP contribution >= 0.6 is 34.4 Å². The number of esters is 1. The van der Waals surface area contributed by atoms with Gasteiger partial charge in [0.05, 0.1) is 11.0 Å². The average Bonchev–Trinajstić information content (AvgIpc) is 2.88. The Morgan fingerprint density at radius 3 is 2.76 bits per heavy atom. The normalized spacial score (nSPS) is 17.1. The van der Waals surface area contributed by atoms with Crippen molar-refractivity contribution in [2.75, 3.05) is 6.54 Å². The molecule has 0 bridgehead atoms. The Hall–Kier alpha value is -1.29. The molecule has 1 fully saturated rings. The van der Waals surface area contributed by atoms with Crippen molar-refractivity contribution in [3.8, 4) is 0 Å². The van der Waals surface area contributed by atoms with E-state index in [9.17, 15) is 14.4 Å². The molecule has 2 rings (SSSR count). The zero-order valence-corrected chi connectivity index (χ0v) is 14.3. The van der Waals surface area contributed by atoms with Crippen LogP contribution in [0.25, 0.3) is 6.08 Å². The van der Waals surface area contributed by atoms with Crippen LogP contribution in [0.15, 0.2) is 21.5 Å². The SMILES string of the molecule is CC(C)OC(=O)CN1C(=O)S/C(=C\c2ccc(I)o2)C1=O. The fraction of sp³-hybridized carbons (Fsp3) is 0.308. The first-order valence-corrected chi connectivity index (χ1v) is 7.96. The van der Waals surface area contributed by atoms with Gasteiger partial charge in [-0.05, 0) is 60.3 Å². The lowest BCUT2D eigenvalue weighted by molar-refractivity contribution is -0.149. The van der Waals surface area contributed by atoms with Crippen LogP contribution in [0.3, 0.4) is 0 Å². The van der Waals surface area contributed by atoms with Gasteiger partial charge in [0.15, 0.2) is 3.77 Å². The van der Waals surface area contributed by atoms with E-state index >= 15 is 0 Å². The van der Waals surface area contributed by atoms with Gasteiger partial charge in [-0.25, -0.2) is 0 Å². The number of carbonyl (C=O) groups excluding carboxylic acids is 3. The van der Waals surface area contributed by atoms with Crippen molar-refractivity contribution >= 4 is 57.5 Å². The van der Waals surface area contributed by atoms with Gasteiger partial charge in [-0.15, -0.1) is 0 Å². The molecular formula is C13H12INO5S. The van der Waals surface area contributed by atoms with Crippen LogP contribution in [0, 0.1) is 3.77 Å². The number of carbonyl (C=O) groups is 3. The Kier molecular flexibility index (Phi) is 5.09. The fourth-order valence-corrected chi connectivity index (χ4v) is 2.85. The second-order valence-corrected chi connectivity index (χ2v) is 6.50. The van der Waals surface area contributed by atoms with Gasteiger partial charge >= 0.3 is 5.97 Å². The van der Waals surface area contributed by atoms with Gasteiger partial charge < -0.3 is 9.15 Å². The Balaban J connectivity index is 2.09. The highest BCUT2D eigenvalue weighted by atomic mass is 127. The number of halogens is 1. The number of imide groups is 1. The van der Waals surface area contributed by atoms with Crippen molar-refractivity contribution in [1.82, 2.24) is 4.90 Å². The van der Waals surface area contributed by atoms with Crippen LogP contribution in [0.2, 0.25) is 0 Å². The number of amides is 2. The first-order chi connectivity index (χ1) is 9.86. The molecule has 0 N–H and O–H groups in total. The third kappa shape index (κ3) is 4.10. The third-order valence-corrected chi connectivity index (χ3v) is 3.88. The summed E-state index contributed by atoms with van der Waals surface area (Å²) in [6.45, 7) is 3.02. The summed E-state index contributed by atoms with van der Waals surface area (Å²) in [6.07, 6.45) is 1.19. The number of ether oxygens (including phenoxy) is 1. The minimum atomic E-state index is -0.610. The zero-order valence-electron chi connectivity index (χ0n) is 11.3. The average molecular weight is 421 g/mol. The molecule has 112 valence electrons. The van der Waals surface area contributed by atoms with Gasteiger partial charge in [0.2, 0.25) is 0 Å². The van der Waals surface area contributed by atoms with Crippen molar-refractivity contribution in [2.45, 2.75) is 20.0 Å². The maximum absolute atomic E-state index is 12.1. The lowest BCUT2D eigenvalue weighted by atomic mass is 10.3. The van der Waals surface area contributed by atoms with Crippen LogP contribution in [-0.4, -0.2) is 34.7 Å². The highest BCUT2D eigenvalue weighted by Gasteiger charge is 2.37.